The van der Waals surface area contributed by atoms with Crippen molar-refractivity contribution in [1.82, 2.24) is 9.38 Å². The molecule has 0 atom stereocenters. The monoisotopic (exact) mass is 342 g/mol. The highest BCUT2D eigenvalue weighted by molar-refractivity contribution is 7.15. The zero-order chi connectivity index (χ0) is 14.8. The van der Waals surface area contributed by atoms with Crippen LogP contribution in [0.25, 0.3) is 4.96 Å². The van der Waals surface area contributed by atoms with Gasteiger partial charge in [-0.2, -0.15) is 0 Å². The Morgan fingerprint density at radius 3 is 2.95 bits per heavy atom. The average molecular weight is 343 g/mol. The van der Waals surface area contributed by atoms with Crippen molar-refractivity contribution in [3.63, 3.8) is 0 Å². The molecular weight excluding hydrogens is 331 g/mol. The number of thiazole rings is 1. The molecular formula is C14H12Cl2N2O2S. The zero-order valence-electron chi connectivity index (χ0n) is 11.2. The summed E-state index contributed by atoms with van der Waals surface area (Å²) in [6.07, 6.45) is 3.90. The van der Waals surface area contributed by atoms with E-state index < -0.39 is 0 Å². The fourth-order valence-electron chi connectivity index (χ4n) is 2.03. The van der Waals surface area contributed by atoms with Gasteiger partial charge in [0, 0.05) is 34.4 Å². The van der Waals surface area contributed by atoms with Gasteiger partial charge in [-0.15, -0.1) is 22.9 Å². The summed E-state index contributed by atoms with van der Waals surface area (Å²) in [7, 11) is 1.57. The Labute approximate surface area is 135 Å². The SMILES string of the molecule is COc1cc(Cl)cc(CCl)c1OCc1cn2ccsc2n1. The minimum Gasteiger partial charge on any atom is -0.493 e. The maximum Gasteiger partial charge on any atom is 0.193 e. The molecule has 2 heterocycles. The molecule has 0 aliphatic rings. The van der Waals surface area contributed by atoms with Crippen LogP contribution >= 0.6 is 34.5 Å². The van der Waals surface area contributed by atoms with E-state index in [4.69, 9.17) is 32.7 Å². The number of methoxy groups -OCH3 is 1. The molecule has 0 saturated carbocycles. The maximum atomic E-state index is 6.03. The Balaban J connectivity index is 1.85. The number of benzene rings is 1. The molecule has 0 radical (unpaired) electrons. The van der Waals surface area contributed by atoms with Crippen LogP contribution < -0.4 is 9.47 Å². The minimum absolute atomic E-state index is 0.296. The van der Waals surface area contributed by atoms with Crippen LogP contribution in [0.1, 0.15) is 11.3 Å². The van der Waals surface area contributed by atoms with Crippen LogP contribution in [-0.2, 0) is 12.5 Å². The van der Waals surface area contributed by atoms with Gasteiger partial charge in [-0.1, -0.05) is 11.6 Å². The number of aromatic nitrogens is 2. The number of nitrogens with zero attached hydrogens (tertiary/aromatic N) is 2. The second kappa shape index (κ2) is 6.13. The molecule has 0 aliphatic heterocycles. The normalized spacial score (nSPS) is 11.0. The van der Waals surface area contributed by atoms with Crippen LogP contribution in [0.3, 0.4) is 0 Å². The summed E-state index contributed by atoms with van der Waals surface area (Å²) in [4.78, 5) is 5.41. The van der Waals surface area contributed by atoms with Crippen LogP contribution in [0.5, 0.6) is 11.5 Å². The molecule has 0 aliphatic carbocycles. The van der Waals surface area contributed by atoms with E-state index in [1.165, 1.54) is 0 Å². The first-order valence-corrected chi connectivity index (χ1v) is 7.96. The summed E-state index contributed by atoms with van der Waals surface area (Å²) >= 11 is 13.6. The van der Waals surface area contributed by atoms with Crippen LogP contribution in [-0.4, -0.2) is 16.5 Å². The lowest BCUT2D eigenvalue weighted by Crippen LogP contribution is -2.01. The van der Waals surface area contributed by atoms with Crippen LogP contribution in [0.2, 0.25) is 5.02 Å². The highest BCUT2D eigenvalue weighted by atomic mass is 35.5. The Bertz CT molecular complexity index is 716. The van der Waals surface area contributed by atoms with Crippen molar-refractivity contribution in [2.24, 2.45) is 0 Å². The number of ether oxygens (including phenoxy) is 2. The highest BCUT2D eigenvalue weighted by Crippen LogP contribution is 2.36. The molecule has 2 aromatic heterocycles. The maximum absolute atomic E-state index is 6.03. The van der Waals surface area contributed by atoms with Crippen LogP contribution in [0.15, 0.2) is 29.9 Å². The number of halogens is 2. The second-order valence-electron chi connectivity index (χ2n) is 4.34. The number of hydrogen-bond donors (Lipinski definition) is 0. The molecule has 3 rings (SSSR count). The lowest BCUT2D eigenvalue weighted by atomic mass is 10.2. The molecule has 110 valence electrons. The highest BCUT2D eigenvalue weighted by Gasteiger charge is 2.13. The smallest absolute Gasteiger partial charge is 0.193 e. The van der Waals surface area contributed by atoms with E-state index in [-0.39, 0.29) is 0 Å². The quantitative estimate of drug-likeness (QED) is 0.645. The fraction of sp³-hybridized carbons (Fsp3) is 0.214. The van der Waals surface area contributed by atoms with Crippen molar-refractivity contribution in [2.75, 3.05) is 7.11 Å². The first-order chi connectivity index (χ1) is 10.2. The molecule has 0 N–H and O–H groups in total. The van der Waals surface area contributed by atoms with Gasteiger partial charge in [-0.3, -0.25) is 4.40 Å². The third kappa shape index (κ3) is 2.95. The summed E-state index contributed by atoms with van der Waals surface area (Å²) in [5.74, 6) is 1.47. The van der Waals surface area contributed by atoms with Crippen molar-refractivity contribution in [2.45, 2.75) is 12.5 Å². The fourth-order valence-corrected chi connectivity index (χ4v) is 3.18. The van der Waals surface area contributed by atoms with Gasteiger partial charge in [-0.05, 0) is 6.07 Å². The number of rotatable bonds is 5. The average Bonchev–Trinajstić information content (AvgIpc) is 3.05. The van der Waals surface area contributed by atoms with Gasteiger partial charge in [0.05, 0.1) is 18.7 Å². The lowest BCUT2D eigenvalue weighted by molar-refractivity contribution is 0.279. The Morgan fingerprint density at radius 2 is 2.24 bits per heavy atom. The van der Waals surface area contributed by atoms with Gasteiger partial charge < -0.3 is 9.47 Å². The van der Waals surface area contributed by atoms with Crippen molar-refractivity contribution in [3.05, 3.63) is 46.2 Å². The molecule has 0 spiro atoms. The molecule has 3 aromatic rings. The van der Waals surface area contributed by atoms with E-state index in [2.05, 4.69) is 4.98 Å². The van der Waals surface area contributed by atoms with Crippen LogP contribution in [0, 0.1) is 0 Å². The molecule has 7 heteroatoms. The molecule has 0 amide bonds. The van der Waals surface area contributed by atoms with Gasteiger partial charge in [0.15, 0.2) is 16.5 Å². The molecule has 0 unspecified atom stereocenters. The molecule has 0 fully saturated rings. The molecule has 4 nitrogen and oxygen atoms in total. The first-order valence-electron chi connectivity index (χ1n) is 6.17. The minimum atomic E-state index is 0.296. The Kier molecular flexibility index (Phi) is 4.24. The standard InChI is InChI=1S/C14H12Cl2N2O2S/c1-19-12-5-10(16)4-9(6-15)13(12)20-8-11-7-18-2-3-21-14(18)17-11/h2-5,7H,6,8H2,1H3. The number of imidazole rings is 1. The number of alkyl halides is 1. The Morgan fingerprint density at radius 1 is 1.38 bits per heavy atom. The number of hydrogen-bond acceptors (Lipinski definition) is 4. The van der Waals surface area contributed by atoms with Gasteiger partial charge in [-0.25, -0.2) is 4.98 Å². The summed E-state index contributed by atoms with van der Waals surface area (Å²) in [5, 5.41) is 2.55. The summed E-state index contributed by atoms with van der Waals surface area (Å²) in [6.45, 7) is 0.344. The van der Waals surface area contributed by atoms with E-state index >= 15 is 0 Å². The third-order valence-electron chi connectivity index (χ3n) is 2.97. The summed E-state index contributed by atoms with van der Waals surface area (Å²) < 4.78 is 13.1. The van der Waals surface area contributed by atoms with Crippen molar-refractivity contribution >= 4 is 39.5 Å². The van der Waals surface area contributed by atoms with Crippen molar-refractivity contribution < 1.29 is 9.47 Å². The second-order valence-corrected chi connectivity index (χ2v) is 5.92. The predicted molar refractivity (Wildman–Crippen MR) is 85.0 cm³/mol. The van der Waals surface area contributed by atoms with Gasteiger partial charge in [0.1, 0.15) is 6.61 Å². The lowest BCUT2D eigenvalue weighted by Gasteiger charge is -2.13. The van der Waals surface area contributed by atoms with Gasteiger partial charge >= 0.3 is 0 Å². The van der Waals surface area contributed by atoms with E-state index in [0.717, 1.165) is 16.2 Å². The third-order valence-corrected chi connectivity index (χ3v) is 4.24. The molecule has 0 bridgehead atoms. The van der Waals surface area contributed by atoms with Crippen molar-refractivity contribution in [1.29, 1.82) is 0 Å². The van der Waals surface area contributed by atoms with Gasteiger partial charge in [0.2, 0.25) is 0 Å². The molecule has 1 aromatic carbocycles. The predicted octanol–water partition coefficient (Wildman–Crippen LogP) is 4.38. The number of fused-ring (bicyclic) bond motifs is 1. The van der Waals surface area contributed by atoms with Crippen LogP contribution in [0.4, 0.5) is 0 Å². The van der Waals surface area contributed by atoms with E-state index in [1.807, 2.05) is 22.2 Å². The van der Waals surface area contributed by atoms with Crippen molar-refractivity contribution in [3.8, 4) is 11.5 Å². The van der Waals surface area contributed by atoms with Gasteiger partial charge in [0.25, 0.3) is 0 Å². The summed E-state index contributed by atoms with van der Waals surface area (Å²) in [5.41, 5.74) is 1.64. The topological polar surface area (TPSA) is 35.8 Å². The zero-order valence-corrected chi connectivity index (χ0v) is 13.5. The summed E-state index contributed by atoms with van der Waals surface area (Å²) in [6, 6.07) is 3.48. The largest absolute Gasteiger partial charge is 0.493 e. The van der Waals surface area contributed by atoms with E-state index in [0.29, 0.717) is 29.0 Å². The molecule has 0 saturated heterocycles. The van der Waals surface area contributed by atoms with E-state index in [1.54, 1.807) is 30.6 Å². The first kappa shape index (κ1) is 14.5. The van der Waals surface area contributed by atoms with E-state index in [9.17, 15) is 0 Å². The Hall–Kier alpha value is -1.43. The molecule has 21 heavy (non-hydrogen) atoms.